The highest BCUT2D eigenvalue weighted by Gasteiger charge is 2.09. The Morgan fingerprint density at radius 2 is 1.83 bits per heavy atom. The van der Waals surface area contributed by atoms with E-state index in [0.717, 1.165) is 27.9 Å². The van der Waals surface area contributed by atoms with E-state index >= 15 is 0 Å². The maximum absolute atomic E-state index is 12.2. The average Bonchev–Trinajstić information content (AvgIpc) is 3.14. The second-order valence-electron chi connectivity index (χ2n) is 6.34. The number of oxazole rings is 1. The number of amides is 1. The van der Waals surface area contributed by atoms with Crippen LogP contribution in [0.2, 0.25) is 10.0 Å². The molecule has 29 heavy (non-hydrogen) atoms. The second-order valence-corrected chi connectivity index (χ2v) is 8.17. The highest BCUT2D eigenvalue weighted by Crippen LogP contribution is 2.26. The van der Waals surface area contributed by atoms with Crippen molar-refractivity contribution in [3.05, 3.63) is 82.3 Å². The van der Waals surface area contributed by atoms with Gasteiger partial charge in [-0.15, -0.1) is 11.8 Å². The number of carbonyl (C=O) groups is 1. The van der Waals surface area contributed by atoms with Crippen LogP contribution in [0.1, 0.15) is 5.56 Å². The molecule has 1 amide bonds. The Kier molecular flexibility index (Phi) is 6.09. The molecule has 0 radical (unpaired) electrons. The summed E-state index contributed by atoms with van der Waals surface area (Å²) in [5.74, 6) is 1.44. The number of anilines is 1. The normalized spacial score (nSPS) is 11.0. The van der Waals surface area contributed by atoms with Crippen LogP contribution in [0.5, 0.6) is 0 Å². The molecule has 4 rings (SSSR count). The van der Waals surface area contributed by atoms with Gasteiger partial charge in [-0.05, 0) is 54.1 Å². The smallest absolute Gasteiger partial charge is 0.234 e. The zero-order chi connectivity index (χ0) is 20.2. The third-order valence-electron chi connectivity index (χ3n) is 4.22. The van der Waals surface area contributed by atoms with Gasteiger partial charge in [-0.25, -0.2) is 4.98 Å². The molecule has 0 saturated carbocycles. The Morgan fingerprint density at radius 3 is 2.59 bits per heavy atom. The number of thioether (sulfide) groups is 1. The number of nitrogens with one attached hydrogen (secondary N) is 1. The van der Waals surface area contributed by atoms with E-state index in [4.69, 9.17) is 27.6 Å². The van der Waals surface area contributed by atoms with Crippen molar-refractivity contribution >= 4 is 57.7 Å². The molecular formula is C22H16Cl2N2O2S. The largest absolute Gasteiger partial charge is 0.436 e. The zero-order valence-electron chi connectivity index (χ0n) is 15.2. The molecule has 1 N–H and O–H groups in total. The van der Waals surface area contributed by atoms with Gasteiger partial charge in [-0.1, -0.05) is 41.4 Å². The van der Waals surface area contributed by atoms with Gasteiger partial charge in [0, 0.05) is 27.0 Å². The molecule has 4 nitrogen and oxygen atoms in total. The van der Waals surface area contributed by atoms with Crippen LogP contribution in [-0.2, 0) is 10.5 Å². The quantitative estimate of drug-likeness (QED) is 0.362. The average molecular weight is 443 g/mol. The van der Waals surface area contributed by atoms with Crippen molar-refractivity contribution in [2.75, 3.05) is 11.1 Å². The lowest BCUT2D eigenvalue weighted by Crippen LogP contribution is -2.14. The van der Waals surface area contributed by atoms with Crippen LogP contribution in [-0.4, -0.2) is 16.6 Å². The van der Waals surface area contributed by atoms with E-state index in [-0.39, 0.29) is 5.91 Å². The molecule has 0 fully saturated rings. The highest BCUT2D eigenvalue weighted by molar-refractivity contribution is 7.99. The number of aromatic nitrogens is 1. The van der Waals surface area contributed by atoms with E-state index in [1.807, 2.05) is 54.6 Å². The summed E-state index contributed by atoms with van der Waals surface area (Å²) in [6.45, 7) is 0. The molecule has 0 aliphatic heterocycles. The molecule has 1 heterocycles. The fourth-order valence-corrected chi connectivity index (χ4v) is 4.17. The van der Waals surface area contributed by atoms with Crippen LogP contribution in [0.15, 0.2) is 71.1 Å². The molecule has 3 aromatic carbocycles. The van der Waals surface area contributed by atoms with Gasteiger partial charge < -0.3 is 9.73 Å². The monoisotopic (exact) mass is 442 g/mol. The SMILES string of the molecule is O=C(CSCc1ccc(Cl)cc1Cl)Nc1ccc(-c2nc3ccccc3o2)cc1. The maximum Gasteiger partial charge on any atom is 0.234 e. The minimum absolute atomic E-state index is 0.0744. The summed E-state index contributed by atoms with van der Waals surface area (Å²) in [6, 6.07) is 20.4. The number of carbonyl (C=O) groups excluding carboxylic acids is 1. The number of hydrogen-bond acceptors (Lipinski definition) is 4. The number of para-hydroxylation sites is 2. The maximum atomic E-state index is 12.2. The van der Waals surface area contributed by atoms with Crippen molar-refractivity contribution in [3.63, 3.8) is 0 Å². The van der Waals surface area contributed by atoms with E-state index in [1.54, 1.807) is 12.1 Å². The first-order valence-corrected chi connectivity index (χ1v) is 10.8. The van der Waals surface area contributed by atoms with Crippen molar-refractivity contribution in [2.45, 2.75) is 5.75 Å². The number of benzene rings is 3. The molecule has 1 aromatic heterocycles. The summed E-state index contributed by atoms with van der Waals surface area (Å²) in [7, 11) is 0. The summed E-state index contributed by atoms with van der Waals surface area (Å²) in [5, 5.41) is 4.10. The van der Waals surface area contributed by atoms with Gasteiger partial charge in [0.15, 0.2) is 5.58 Å². The minimum atomic E-state index is -0.0744. The van der Waals surface area contributed by atoms with Crippen LogP contribution in [0.25, 0.3) is 22.6 Å². The molecule has 0 spiro atoms. The third-order valence-corrected chi connectivity index (χ3v) is 5.78. The van der Waals surface area contributed by atoms with Crippen molar-refractivity contribution in [3.8, 4) is 11.5 Å². The standard InChI is InChI=1S/C22H16Cl2N2O2S/c23-16-8-5-15(18(24)11-16)12-29-13-21(27)25-17-9-6-14(7-10-17)22-26-19-3-1-2-4-20(19)28-22/h1-11H,12-13H2,(H,25,27). The molecule has 0 unspecified atom stereocenters. The number of nitrogens with zero attached hydrogens (tertiary/aromatic N) is 1. The summed E-state index contributed by atoms with van der Waals surface area (Å²) in [4.78, 5) is 16.7. The molecule has 7 heteroatoms. The van der Waals surface area contributed by atoms with Crippen LogP contribution in [0.4, 0.5) is 5.69 Å². The fourth-order valence-electron chi connectivity index (χ4n) is 2.78. The van der Waals surface area contributed by atoms with Crippen molar-refractivity contribution < 1.29 is 9.21 Å². The first-order chi connectivity index (χ1) is 14.1. The molecular weight excluding hydrogens is 427 g/mol. The Bertz CT molecular complexity index is 1130. The molecule has 4 aromatic rings. The lowest BCUT2D eigenvalue weighted by molar-refractivity contribution is -0.113. The van der Waals surface area contributed by atoms with E-state index in [9.17, 15) is 4.79 Å². The minimum Gasteiger partial charge on any atom is -0.436 e. The number of fused-ring (bicyclic) bond motifs is 1. The van der Waals surface area contributed by atoms with Crippen molar-refractivity contribution in [1.29, 1.82) is 0 Å². The van der Waals surface area contributed by atoms with Gasteiger partial charge in [0.1, 0.15) is 5.52 Å². The molecule has 0 bridgehead atoms. The summed E-state index contributed by atoms with van der Waals surface area (Å²) in [6.07, 6.45) is 0. The van der Waals surface area contributed by atoms with Crippen LogP contribution < -0.4 is 5.32 Å². The highest BCUT2D eigenvalue weighted by atomic mass is 35.5. The summed E-state index contributed by atoms with van der Waals surface area (Å²) in [5.41, 5.74) is 4.10. The lowest BCUT2D eigenvalue weighted by Gasteiger charge is -2.07. The Balaban J connectivity index is 1.32. The van der Waals surface area contributed by atoms with E-state index in [0.29, 0.717) is 27.4 Å². The third kappa shape index (κ3) is 4.93. The number of rotatable bonds is 6. The zero-order valence-corrected chi connectivity index (χ0v) is 17.5. The fraction of sp³-hybridized carbons (Fsp3) is 0.0909. The number of halogens is 2. The van der Waals surface area contributed by atoms with Crippen LogP contribution in [0, 0.1) is 0 Å². The van der Waals surface area contributed by atoms with E-state index in [1.165, 1.54) is 11.8 Å². The van der Waals surface area contributed by atoms with Gasteiger partial charge in [0.2, 0.25) is 11.8 Å². The first kappa shape index (κ1) is 19.8. The molecule has 0 atom stereocenters. The van der Waals surface area contributed by atoms with E-state index < -0.39 is 0 Å². The predicted octanol–water partition coefficient (Wildman–Crippen LogP) is 6.67. The predicted molar refractivity (Wildman–Crippen MR) is 121 cm³/mol. The van der Waals surface area contributed by atoms with Crippen molar-refractivity contribution in [1.82, 2.24) is 4.98 Å². The van der Waals surface area contributed by atoms with Gasteiger partial charge >= 0.3 is 0 Å². The van der Waals surface area contributed by atoms with Crippen molar-refractivity contribution in [2.24, 2.45) is 0 Å². The summed E-state index contributed by atoms with van der Waals surface area (Å²) >= 11 is 13.5. The molecule has 0 aliphatic carbocycles. The lowest BCUT2D eigenvalue weighted by atomic mass is 10.2. The molecule has 0 aliphatic rings. The topological polar surface area (TPSA) is 55.1 Å². The summed E-state index contributed by atoms with van der Waals surface area (Å²) < 4.78 is 5.77. The van der Waals surface area contributed by atoms with Gasteiger partial charge in [-0.2, -0.15) is 0 Å². The Morgan fingerprint density at radius 1 is 1.03 bits per heavy atom. The Hall–Kier alpha value is -2.47. The second kappa shape index (κ2) is 8.91. The first-order valence-electron chi connectivity index (χ1n) is 8.86. The Labute approximate surface area is 182 Å². The van der Waals surface area contributed by atoms with Gasteiger partial charge in [-0.3, -0.25) is 4.79 Å². The molecule has 0 saturated heterocycles. The van der Waals surface area contributed by atoms with Gasteiger partial charge in [0.25, 0.3) is 0 Å². The van der Waals surface area contributed by atoms with Crippen LogP contribution in [0.3, 0.4) is 0 Å². The number of hydrogen-bond donors (Lipinski definition) is 1. The van der Waals surface area contributed by atoms with Gasteiger partial charge in [0.05, 0.1) is 5.75 Å². The molecule has 146 valence electrons. The van der Waals surface area contributed by atoms with E-state index in [2.05, 4.69) is 10.3 Å². The van der Waals surface area contributed by atoms with Crippen LogP contribution >= 0.6 is 35.0 Å².